The Morgan fingerprint density at radius 3 is 2.71 bits per heavy atom. The number of ether oxygens (including phenoxy) is 1. The summed E-state index contributed by atoms with van der Waals surface area (Å²) in [5.74, 6) is -2.79. The lowest BCUT2D eigenvalue weighted by Crippen LogP contribution is -2.49. The lowest BCUT2D eigenvalue weighted by Gasteiger charge is -2.25. The minimum atomic E-state index is -1.22. The lowest BCUT2D eigenvalue weighted by atomic mass is 10.3. The van der Waals surface area contributed by atoms with Crippen molar-refractivity contribution in [3.8, 4) is 5.75 Å². The molecule has 0 bridgehead atoms. The molecule has 0 aromatic heterocycles. The Hall–Kier alpha value is -2.35. The highest BCUT2D eigenvalue weighted by Gasteiger charge is 2.29. The van der Waals surface area contributed by atoms with E-state index in [1.165, 1.54) is 13.2 Å². The van der Waals surface area contributed by atoms with Crippen LogP contribution in [0.25, 0.3) is 0 Å². The van der Waals surface area contributed by atoms with Crippen LogP contribution < -0.4 is 15.5 Å². The molecule has 1 aliphatic heterocycles. The minimum absolute atomic E-state index is 0.0997. The van der Waals surface area contributed by atoms with Gasteiger partial charge in [-0.05, 0) is 5.59 Å². The number of hydrogen-bond donors (Lipinski definition) is 1. The van der Waals surface area contributed by atoms with Gasteiger partial charge in [-0.2, -0.15) is 0 Å². The van der Waals surface area contributed by atoms with Crippen LogP contribution >= 0.6 is 0 Å². The third-order valence-corrected chi connectivity index (χ3v) is 1.89. The molecule has 1 heterocycles. The van der Waals surface area contributed by atoms with Gasteiger partial charge in [0.25, 0.3) is 0 Å². The summed E-state index contributed by atoms with van der Waals surface area (Å²) in [6.07, 6.45) is 0. The minimum Gasteiger partial charge on any atom is -0.497 e. The van der Waals surface area contributed by atoms with Gasteiger partial charge in [-0.1, -0.05) is 0 Å². The fourth-order valence-electron chi connectivity index (χ4n) is 1.15. The van der Waals surface area contributed by atoms with E-state index in [0.29, 0.717) is 5.17 Å². The number of rotatable bonds is 2. The van der Waals surface area contributed by atoms with Crippen molar-refractivity contribution in [2.24, 2.45) is 0 Å². The van der Waals surface area contributed by atoms with Crippen LogP contribution in [0.2, 0.25) is 0 Å². The highest BCUT2D eigenvalue weighted by Crippen LogP contribution is 2.23. The Balaban J connectivity index is 2.25. The van der Waals surface area contributed by atoms with Gasteiger partial charge in [0.15, 0.2) is 0 Å². The summed E-state index contributed by atoms with van der Waals surface area (Å²) in [7, 11) is 1.36. The molecule has 2 rings (SSSR count). The largest absolute Gasteiger partial charge is 0.497 e. The Morgan fingerprint density at radius 1 is 1.29 bits per heavy atom. The molecule has 8 heteroatoms. The molecule has 0 radical (unpaired) electrons. The molecule has 0 aliphatic carbocycles. The smallest absolute Gasteiger partial charge is 0.444 e. The number of nitrogens with zero attached hydrogens (tertiary/aromatic N) is 1. The van der Waals surface area contributed by atoms with E-state index in [1.807, 2.05) is 5.59 Å². The third kappa shape index (κ3) is 2.26. The van der Waals surface area contributed by atoms with Crippen molar-refractivity contribution in [3.05, 3.63) is 24.0 Å². The maximum absolute atomic E-state index is 13.2. The molecular weight excluding hydrogens is 235 g/mol. The van der Waals surface area contributed by atoms with E-state index < -0.39 is 17.8 Å². The summed E-state index contributed by atoms with van der Waals surface area (Å²) in [5, 5.41) is 0.704. The average molecular weight is 242 g/mol. The van der Waals surface area contributed by atoms with Crippen molar-refractivity contribution in [1.29, 1.82) is 0 Å². The molecule has 7 nitrogen and oxygen atoms in total. The molecule has 1 saturated heterocycles. The summed E-state index contributed by atoms with van der Waals surface area (Å²) in [5.41, 5.74) is 2.11. The van der Waals surface area contributed by atoms with Gasteiger partial charge in [0, 0.05) is 18.2 Å². The van der Waals surface area contributed by atoms with Gasteiger partial charge in [0.2, 0.25) is 0 Å². The van der Waals surface area contributed by atoms with Gasteiger partial charge in [0.05, 0.1) is 7.11 Å². The molecule has 17 heavy (non-hydrogen) atoms. The topological polar surface area (TPSA) is 77.1 Å². The van der Waals surface area contributed by atoms with Crippen molar-refractivity contribution in [2.45, 2.75) is 0 Å². The van der Waals surface area contributed by atoms with Gasteiger partial charge in [-0.15, -0.1) is 5.17 Å². The zero-order valence-electron chi connectivity index (χ0n) is 8.60. The molecule has 0 saturated carbocycles. The number of carbonyl (C=O) groups excluding carboxylic acids is 2. The molecule has 1 aliphatic rings. The van der Waals surface area contributed by atoms with Gasteiger partial charge in [-0.25, -0.2) is 14.0 Å². The second kappa shape index (κ2) is 4.26. The number of hydrogen-bond acceptors (Lipinski definition) is 7. The number of carbonyl (C=O) groups is 2. The molecule has 0 amide bonds. The fourth-order valence-corrected chi connectivity index (χ4v) is 1.15. The van der Waals surface area contributed by atoms with E-state index in [0.717, 1.165) is 12.1 Å². The first kappa shape index (κ1) is 11.1. The highest BCUT2D eigenvalue weighted by molar-refractivity contribution is 6.30. The highest BCUT2D eigenvalue weighted by atomic mass is 19.1. The van der Waals surface area contributed by atoms with E-state index in [9.17, 15) is 14.0 Å². The molecule has 0 spiro atoms. The summed E-state index contributed by atoms with van der Waals surface area (Å²) in [6, 6.07) is 3.58. The van der Waals surface area contributed by atoms with Crippen LogP contribution in [0.4, 0.5) is 10.1 Å². The van der Waals surface area contributed by atoms with Gasteiger partial charge >= 0.3 is 11.9 Å². The molecule has 0 unspecified atom stereocenters. The molecule has 1 aromatic rings. The van der Waals surface area contributed by atoms with E-state index in [4.69, 9.17) is 4.74 Å². The van der Waals surface area contributed by atoms with Crippen LogP contribution in [0.3, 0.4) is 0 Å². The zero-order valence-corrected chi connectivity index (χ0v) is 8.60. The Kier molecular flexibility index (Phi) is 2.79. The van der Waals surface area contributed by atoms with Crippen molar-refractivity contribution in [1.82, 2.24) is 5.59 Å². The first-order valence-corrected chi connectivity index (χ1v) is 4.43. The number of halogens is 1. The predicted molar refractivity (Wildman–Crippen MR) is 50.8 cm³/mol. The molecule has 1 N–H and O–H groups in total. The van der Waals surface area contributed by atoms with Crippen LogP contribution in [-0.4, -0.2) is 19.0 Å². The zero-order chi connectivity index (χ0) is 12.4. The number of nitrogens with one attached hydrogen (secondary N) is 1. The Labute approximate surface area is 94.5 Å². The summed E-state index contributed by atoms with van der Waals surface area (Å²) in [4.78, 5) is 30.4. The fraction of sp³-hybridized carbons (Fsp3) is 0.111. The first-order chi connectivity index (χ1) is 8.10. The van der Waals surface area contributed by atoms with E-state index in [2.05, 4.69) is 9.68 Å². The first-order valence-electron chi connectivity index (χ1n) is 4.43. The molecule has 0 atom stereocenters. The van der Waals surface area contributed by atoms with E-state index in [1.54, 1.807) is 0 Å². The van der Waals surface area contributed by atoms with E-state index in [-0.39, 0.29) is 11.4 Å². The van der Waals surface area contributed by atoms with Gasteiger partial charge in [-0.3, -0.25) is 0 Å². The van der Waals surface area contributed by atoms with Crippen LogP contribution in [0.15, 0.2) is 18.2 Å². The maximum atomic E-state index is 13.2. The Bertz CT molecular complexity index is 478. The molecular formula is C9H7FN2O5. The quantitative estimate of drug-likeness (QED) is 0.735. The average Bonchev–Trinajstić information content (AvgIpc) is 2.32. The van der Waals surface area contributed by atoms with Crippen LogP contribution in [0, 0.1) is 5.82 Å². The molecule has 1 fully saturated rings. The standard InChI is InChI=1S/C9H7FN2O5/c1-15-7-3-5(10)2-6(4-7)12-11-16-8(13)9(14)17-12/h2-4,11H,1H3. The van der Waals surface area contributed by atoms with Crippen LogP contribution in [0.5, 0.6) is 5.75 Å². The Morgan fingerprint density at radius 2 is 2.06 bits per heavy atom. The van der Waals surface area contributed by atoms with E-state index >= 15 is 0 Å². The van der Waals surface area contributed by atoms with Gasteiger partial charge in [0.1, 0.15) is 17.3 Å². The van der Waals surface area contributed by atoms with Crippen molar-refractivity contribution >= 4 is 17.6 Å². The lowest BCUT2D eigenvalue weighted by molar-refractivity contribution is -0.192. The van der Waals surface area contributed by atoms with Crippen LogP contribution in [-0.2, 0) is 19.3 Å². The predicted octanol–water partition coefficient (Wildman–Crippen LogP) is 0.0753. The third-order valence-electron chi connectivity index (χ3n) is 1.89. The molecule has 90 valence electrons. The van der Waals surface area contributed by atoms with Crippen molar-refractivity contribution in [3.63, 3.8) is 0 Å². The normalized spacial score (nSPS) is 15.3. The monoisotopic (exact) mass is 242 g/mol. The number of methoxy groups -OCH3 is 1. The van der Waals surface area contributed by atoms with Crippen molar-refractivity contribution < 1.29 is 28.4 Å². The number of hydrazine groups is 1. The SMILES string of the molecule is COc1cc(F)cc(N2NOC(=O)C(=O)O2)c1. The second-order valence-corrected chi connectivity index (χ2v) is 3.00. The van der Waals surface area contributed by atoms with Gasteiger partial charge < -0.3 is 14.4 Å². The second-order valence-electron chi connectivity index (χ2n) is 3.00. The number of benzene rings is 1. The van der Waals surface area contributed by atoms with Crippen molar-refractivity contribution in [2.75, 3.05) is 12.3 Å². The summed E-state index contributed by atoms with van der Waals surface area (Å²) in [6.45, 7) is 0. The maximum Gasteiger partial charge on any atom is 0.444 e. The molecule has 1 aromatic carbocycles. The van der Waals surface area contributed by atoms with Crippen LogP contribution in [0.1, 0.15) is 0 Å². The number of anilines is 1. The summed E-state index contributed by atoms with van der Waals surface area (Å²) >= 11 is 0. The summed E-state index contributed by atoms with van der Waals surface area (Å²) < 4.78 is 18.0.